The van der Waals surface area contributed by atoms with E-state index in [2.05, 4.69) is 20.3 Å². The maximum atomic E-state index is 10.7. The number of aldehydes is 1. The quantitative estimate of drug-likeness (QED) is 0.537. The van der Waals surface area contributed by atoms with Crippen molar-refractivity contribution in [2.24, 2.45) is 0 Å². The number of nitrogens with zero attached hydrogens (tertiary/aromatic N) is 4. The molecule has 0 unspecified atom stereocenters. The van der Waals surface area contributed by atoms with Gasteiger partial charge in [-0.25, -0.2) is 15.0 Å². The van der Waals surface area contributed by atoms with E-state index in [4.69, 9.17) is 9.15 Å². The van der Waals surface area contributed by atoms with E-state index < -0.39 is 18.4 Å². The second kappa shape index (κ2) is 6.83. The number of carbonyl (C=O) groups is 1. The van der Waals surface area contributed by atoms with Crippen LogP contribution in [0.5, 0.6) is 0 Å². The topological polar surface area (TPSA) is 136 Å². The highest BCUT2D eigenvalue weighted by Gasteiger charge is 2.35. The van der Waals surface area contributed by atoms with Crippen LogP contribution in [0.3, 0.4) is 0 Å². The van der Waals surface area contributed by atoms with Crippen LogP contribution < -0.4 is 5.32 Å². The van der Waals surface area contributed by atoms with Crippen LogP contribution in [0.2, 0.25) is 0 Å². The second-order valence-electron chi connectivity index (χ2n) is 5.94. The monoisotopic (exact) mass is 359 g/mol. The first-order valence-electron chi connectivity index (χ1n) is 8.09. The normalized spacial score (nSPS) is 22.8. The molecule has 1 fully saturated rings. The fraction of sp³-hybridized carbons (Fsp3) is 0.375. The number of imidazole rings is 1. The third-order valence-electron chi connectivity index (χ3n) is 4.28. The molecule has 0 aromatic carbocycles. The summed E-state index contributed by atoms with van der Waals surface area (Å²) >= 11 is 0. The Balaban J connectivity index is 1.56. The molecule has 0 amide bonds. The summed E-state index contributed by atoms with van der Waals surface area (Å²) < 4.78 is 12.7. The molecule has 1 aliphatic rings. The average molecular weight is 359 g/mol. The minimum absolute atomic E-state index is 0.252. The lowest BCUT2D eigenvalue weighted by molar-refractivity contribution is -0.0432. The van der Waals surface area contributed by atoms with Crippen molar-refractivity contribution < 1.29 is 24.2 Å². The van der Waals surface area contributed by atoms with E-state index in [1.807, 2.05) is 0 Å². The molecule has 0 bridgehead atoms. The molecule has 136 valence electrons. The van der Waals surface area contributed by atoms with E-state index in [1.165, 1.54) is 6.33 Å². The van der Waals surface area contributed by atoms with Crippen molar-refractivity contribution in [3.8, 4) is 0 Å². The maximum Gasteiger partial charge on any atom is 0.185 e. The third kappa shape index (κ3) is 2.94. The summed E-state index contributed by atoms with van der Waals surface area (Å²) in [6.07, 6.45) is 2.12. The van der Waals surface area contributed by atoms with Crippen molar-refractivity contribution in [1.82, 2.24) is 19.5 Å². The number of aromatic nitrogens is 4. The smallest absolute Gasteiger partial charge is 0.185 e. The van der Waals surface area contributed by atoms with Gasteiger partial charge in [0.15, 0.2) is 29.0 Å². The highest BCUT2D eigenvalue weighted by molar-refractivity contribution is 5.82. The fourth-order valence-corrected chi connectivity index (χ4v) is 2.97. The van der Waals surface area contributed by atoms with Gasteiger partial charge in [0.2, 0.25) is 0 Å². The van der Waals surface area contributed by atoms with Gasteiger partial charge in [0.05, 0.1) is 25.6 Å². The molecule has 0 radical (unpaired) electrons. The molecular weight excluding hydrogens is 342 g/mol. The minimum atomic E-state index is -0.743. The van der Waals surface area contributed by atoms with Crippen LogP contribution >= 0.6 is 0 Å². The first-order valence-corrected chi connectivity index (χ1v) is 8.09. The van der Waals surface area contributed by atoms with E-state index in [9.17, 15) is 15.0 Å². The van der Waals surface area contributed by atoms with Gasteiger partial charge in [-0.15, -0.1) is 0 Å². The van der Waals surface area contributed by atoms with Gasteiger partial charge in [-0.3, -0.25) is 9.36 Å². The zero-order valence-corrected chi connectivity index (χ0v) is 13.6. The average Bonchev–Trinajstić information content (AvgIpc) is 3.37. The largest absolute Gasteiger partial charge is 0.456 e. The molecular formula is C16H17N5O5. The Morgan fingerprint density at radius 2 is 2.23 bits per heavy atom. The summed E-state index contributed by atoms with van der Waals surface area (Å²) in [6, 6.07) is 3.30. The molecule has 4 rings (SSSR count). The van der Waals surface area contributed by atoms with Crippen LogP contribution in [0.25, 0.3) is 11.2 Å². The number of aliphatic hydroxyl groups is 2. The molecule has 0 aliphatic carbocycles. The van der Waals surface area contributed by atoms with Crippen LogP contribution in [0.4, 0.5) is 5.82 Å². The first kappa shape index (κ1) is 16.6. The van der Waals surface area contributed by atoms with Gasteiger partial charge in [0, 0.05) is 6.42 Å². The van der Waals surface area contributed by atoms with Gasteiger partial charge in [-0.1, -0.05) is 0 Å². The Morgan fingerprint density at radius 1 is 1.35 bits per heavy atom. The molecule has 1 saturated heterocycles. The first-order chi connectivity index (χ1) is 12.7. The summed E-state index contributed by atoms with van der Waals surface area (Å²) in [5, 5.41) is 22.3. The minimum Gasteiger partial charge on any atom is -0.456 e. The lowest BCUT2D eigenvalue weighted by atomic mass is 10.2. The summed E-state index contributed by atoms with van der Waals surface area (Å²) in [5.41, 5.74) is 1.09. The van der Waals surface area contributed by atoms with Crippen molar-refractivity contribution in [2.75, 3.05) is 11.9 Å². The lowest BCUT2D eigenvalue weighted by Crippen LogP contribution is -2.24. The van der Waals surface area contributed by atoms with Gasteiger partial charge in [-0.05, 0) is 12.1 Å². The zero-order valence-electron chi connectivity index (χ0n) is 13.6. The van der Waals surface area contributed by atoms with Gasteiger partial charge in [0.1, 0.15) is 24.4 Å². The summed E-state index contributed by atoms with van der Waals surface area (Å²) in [4.78, 5) is 23.5. The van der Waals surface area contributed by atoms with Crippen LogP contribution in [0.15, 0.2) is 29.2 Å². The molecule has 0 spiro atoms. The van der Waals surface area contributed by atoms with E-state index in [0.717, 1.165) is 0 Å². The van der Waals surface area contributed by atoms with E-state index in [-0.39, 0.29) is 12.4 Å². The number of aliphatic hydroxyl groups excluding tert-OH is 2. The van der Waals surface area contributed by atoms with Gasteiger partial charge >= 0.3 is 0 Å². The number of anilines is 1. The summed E-state index contributed by atoms with van der Waals surface area (Å²) in [6.45, 7) is 0.0794. The van der Waals surface area contributed by atoms with Crippen molar-refractivity contribution in [3.63, 3.8) is 0 Å². The Labute approximate surface area is 147 Å². The molecule has 3 aromatic heterocycles. The zero-order chi connectivity index (χ0) is 18.1. The highest BCUT2D eigenvalue weighted by Crippen LogP contribution is 2.31. The third-order valence-corrected chi connectivity index (χ3v) is 4.28. The van der Waals surface area contributed by atoms with Crippen molar-refractivity contribution in [1.29, 1.82) is 0 Å². The molecule has 3 atom stereocenters. The molecule has 26 heavy (non-hydrogen) atoms. The second-order valence-corrected chi connectivity index (χ2v) is 5.94. The van der Waals surface area contributed by atoms with Crippen molar-refractivity contribution >= 4 is 23.3 Å². The fourth-order valence-electron chi connectivity index (χ4n) is 2.97. The number of fused-ring (bicyclic) bond motifs is 1. The van der Waals surface area contributed by atoms with E-state index >= 15 is 0 Å². The summed E-state index contributed by atoms with van der Waals surface area (Å²) in [7, 11) is 0. The van der Waals surface area contributed by atoms with Crippen LogP contribution in [0, 0.1) is 0 Å². The number of carbonyl (C=O) groups excluding carboxylic acids is 1. The van der Waals surface area contributed by atoms with Crippen LogP contribution in [0.1, 0.15) is 29.0 Å². The highest BCUT2D eigenvalue weighted by atomic mass is 16.5. The molecule has 3 aromatic rings. The number of furan rings is 1. The summed E-state index contributed by atoms with van der Waals surface area (Å²) in [5.74, 6) is 1.36. The Hall–Kier alpha value is -2.82. The Kier molecular flexibility index (Phi) is 4.37. The standard InChI is InChI=1S/C16H17N5O5/c22-5-10-2-1-9(25-10)4-17-15-14-16(19-7-18-15)21(8-20-14)13-3-11(24)12(6-23)26-13/h1-2,5,7-8,11-13,23-24H,3-4,6H2,(H,17,18,19)/t11-,12-,13-/m1/s1. The van der Waals surface area contributed by atoms with E-state index in [1.54, 1.807) is 23.0 Å². The molecule has 3 N–H and O–H groups in total. The SMILES string of the molecule is O=Cc1ccc(CNc2ncnc3c2ncn3[C@H]2C[C@@H](O)[C@@H](CO)O2)o1. The number of rotatable bonds is 6. The predicted octanol–water partition coefficient (Wildman–Crippen LogP) is 0.485. The van der Waals surface area contributed by atoms with Crippen molar-refractivity contribution in [3.05, 3.63) is 36.3 Å². The maximum absolute atomic E-state index is 10.7. The molecule has 10 heteroatoms. The molecule has 0 saturated carbocycles. The number of nitrogens with one attached hydrogen (secondary N) is 1. The van der Waals surface area contributed by atoms with Gasteiger partial charge in [0.25, 0.3) is 0 Å². The van der Waals surface area contributed by atoms with Gasteiger partial charge < -0.3 is 24.7 Å². The van der Waals surface area contributed by atoms with Crippen LogP contribution in [-0.2, 0) is 11.3 Å². The Bertz CT molecular complexity index is 923. The number of hydrogen-bond donors (Lipinski definition) is 3. The predicted molar refractivity (Wildman–Crippen MR) is 88.4 cm³/mol. The van der Waals surface area contributed by atoms with Crippen molar-refractivity contribution in [2.45, 2.75) is 31.4 Å². The molecule has 10 nitrogen and oxygen atoms in total. The lowest BCUT2D eigenvalue weighted by Gasteiger charge is -2.13. The van der Waals surface area contributed by atoms with Gasteiger partial charge in [-0.2, -0.15) is 0 Å². The molecule has 4 heterocycles. The van der Waals surface area contributed by atoms with E-state index in [0.29, 0.717) is 42.0 Å². The molecule has 1 aliphatic heterocycles. The number of ether oxygens (including phenoxy) is 1. The number of hydrogen-bond acceptors (Lipinski definition) is 9. The van der Waals surface area contributed by atoms with Crippen LogP contribution in [-0.4, -0.2) is 54.8 Å². The Morgan fingerprint density at radius 3 is 2.96 bits per heavy atom.